The first-order valence-corrected chi connectivity index (χ1v) is 8.75. The molecule has 5 nitrogen and oxygen atoms in total. The van der Waals surface area contributed by atoms with E-state index in [9.17, 15) is 15.0 Å². The van der Waals surface area contributed by atoms with E-state index in [4.69, 9.17) is 11.6 Å². The molecule has 0 aliphatic rings. The second kappa shape index (κ2) is 7.65. The number of halogens is 1. The summed E-state index contributed by atoms with van der Waals surface area (Å²) < 4.78 is 0. The molecule has 3 N–H and O–H groups in total. The molecule has 0 radical (unpaired) electrons. The fourth-order valence-corrected chi connectivity index (χ4v) is 3.23. The second-order valence-electron chi connectivity index (χ2n) is 5.37. The van der Waals surface area contributed by atoms with Crippen molar-refractivity contribution in [2.75, 3.05) is 6.54 Å². The summed E-state index contributed by atoms with van der Waals surface area (Å²) in [7, 11) is 0. The molecule has 0 saturated carbocycles. The third kappa shape index (κ3) is 4.36. The number of benzene rings is 2. The summed E-state index contributed by atoms with van der Waals surface area (Å²) in [5, 5.41) is 25.0. The zero-order valence-corrected chi connectivity index (χ0v) is 14.6. The van der Waals surface area contributed by atoms with Crippen molar-refractivity contribution in [2.45, 2.75) is 6.10 Å². The summed E-state index contributed by atoms with van der Waals surface area (Å²) in [6.07, 6.45) is -0.849. The van der Waals surface area contributed by atoms with Crippen molar-refractivity contribution in [1.82, 2.24) is 10.3 Å². The number of nitrogens with zero attached hydrogens (tertiary/aromatic N) is 1. The van der Waals surface area contributed by atoms with Crippen molar-refractivity contribution < 1.29 is 15.0 Å². The third-order valence-corrected chi connectivity index (χ3v) is 4.67. The Kier molecular flexibility index (Phi) is 5.33. The number of phenols is 1. The Morgan fingerprint density at radius 2 is 2.00 bits per heavy atom. The first-order chi connectivity index (χ1) is 12.0. The number of rotatable bonds is 5. The van der Waals surface area contributed by atoms with E-state index in [2.05, 4.69) is 10.3 Å². The van der Waals surface area contributed by atoms with Gasteiger partial charge in [0.25, 0.3) is 5.91 Å². The van der Waals surface area contributed by atoms with Gasteiger partial charge in [-0.3, -0.25) is 4.79 Å². The number of carbonyl (C=O) groups is 1. The maximum atomic E-state index is 12.2. The van der Waals surface area contributed by atoms with Gasteiger partial charge in [0, 0.05) is 22.5 Å². The van der Waals surface area contributed by atoms with Crippen LogP contribution < -0.4 is 5.32 Å². The topological polar surface area (TPSA) is 82.5 Å². The lowest BCUT2D eigenvalue weighted by molar-refractivity contribution is 0.0912. The van der Waals surface area contributed by atoms with Gasteiger partial charge in [0.1, 0.15) is 16.5 Å². The van der Waals surface area contributed by atoms with Crippen LogP contribution in [0.1, 0.15) is 22.2 Å². The zero-order valence-electron chi connectivity index (χ0n) is 13.0. The lowest BCUT2D eigenvalue weighted by Crippen LogP contribution is -2.28. The summed E-state index contributed by atoms with van der Waals surface area (Å²) in [6, 6.07) is 13.5. The summed E-state index contributed by atoms with van der Waals surface area (Å²) >= 11 is 7.23. The van der Waals surface area contributed by atoms with Gasteiger partial charge in [0.05, 0.1) is 6.10 Å². The number of hydrogen-bond donors (Lipinski definition) is 3. The summed E-state index contributed by atoms with van der Waals surface area (Å²) in [5.74, 6) is -0.185. The number of nitrogens with one attached hydrogen (secondary N) is 1. The van der Waals surface area contributed by atoms with E-state index in [1.165, 1.54) is 11.3 Å². The Labute approximate surface area is 153 Å². The number of thiazole rings is 1. The average Bonchev–Trinajstić information content (AvgIpc) is 3.10. The SMILES string of the molecule is O=C(NCC(O)c1cccc(Cl)c1)c1csc(-c2ccc(O)cc2)n1. The predicted octanol–water partition coefficient (Wildman–Crippen LogP) is 3.63. The molecular formula is C18H15ClN2O3S. The van der Waals surface area contributed by atoms with Crippen molar-refractivity contribution in [3.63, 3.8) is 0 Å². The summed E-state index contributed by atoms with van der Waals surface area (Å²) in [6.45, 7) is 0.0608. The molecule has 3 rings (SSSR count). The van der Waals surface area contributed by atoms with Gasteiger partial charge in [0.2, 0.25) is 0 Å². The second-order valence-corrected chi connectivity index (χ2v) is 6.66. The highest BCUT2D eigenvalue weighted by atomic mass is 35.5. The van der Waals surface area contributed by atoms with Crippen LogP contribution in [0.4, 0.5) is 0 Å². The normalized spacial score (nSPS) is 11.9. The van der Waals surface area contributed by atoms with Crippen LogP contribution in [0, 0.1) is 0 Å². The molecule has 1 heterocycles. The molecule has 128 valence electrons. The van der Waals surface area contributed by atoms with Crippen LogP contribution in [-0.2, 0) is 0 Å². The zero-order chi connectivity index (χ0) is 17.8. The number of aromatic nitrogens is 1. The van der Waals surface area contributed by atoms with E-state index < -0.39 is 6.10 Å². The Hall–Kier alpha value is -2.41. The molecule has 1 aromatic heterocycles. The lowest BCUT2D eigenvalue weighted by atomic mass is 10.1. The summed E-state index contributed by atoms with van der Waals surface area (Å²) in [4.78, 5) is 16.5. The van der Waals surface area contributed by atoms with Crippen molar-refractivity contribution in [2.24, 2.45) is 0 Å². The number of aliphatic hydroxyl groups excluding tert-OH is 1. The first kappa shape index (κ1) is 17.4. The van der Waals surface area contributed by atoms with Crippen LogP contribution in [0.2, 0.25) is 5.02 Å². The number of aromatic hydroxyl groups is 1. The van der Waals surface area contributed by atoms with Crippen molar-refractivity contribution in [1.29, 1.82) is 0 Å². The van der Waals surface area contributed by atoms with Crippen LogP contribution in [0.25, 0.3) is 10.6 Å². The maximum absolute atomic E-state index is 12.2. The number of phenolic OH excluding ortho intramolecular Hbond substituents is 1. The van der Waals surface area contributed by atoms with E-state index >= 15 is 0 Å². The molecule has 0 bridgehead atoms. The van der Waals surface area contributed by atoms with E-state index in [1.807, 2.05) is 0 Å². The summed E-state index contributed by atoms with van der Waals surface area (Å²) in [5.41, 5.74) is 1.74. The minimum Gasteiger partial charge on any atom is -0.508 e. The number of carbonyl (C=O) groups excluding carboxylic acids is 1. The average molecular weight is 375 g/mol. The highest BCUT2D eigenvalue weighted by molar-refractivity contribution is 7.13. The van der Waals surface area contributed by atoms with E-state index in [1.54, 1.807) is 53.9 Å². The van der Waals surface area contributed by atoms with Crippen molar-refractivity contribution in [3.05, 3.63) is 70.2 Å². The van der Waals surface area contributed by atoms with Gasteiger partial charge in [-0.1, -0.05) is 23.7 Å². The smallest absolute Gasteiger partial charge is 0.270 e. The van der Waals surface area contributed by atoms with Crippen molar-refractivity contribution >= 4 is 28.8 Å². The van der Waals surface area contributed by atoms with Crippen molar-refractivity contribution in [3.8, 4) is 16.3 Å². The molecule has 1 unspecified atom stereocenters. The van der Waals surface area contributed by atoms with E-state index in [0.717, 1.165) is 5.56 Å². The molecule has 0 spiro atoms. The molecule has 0 aliphatic carbocycles. The van der Waals surface area contributed by atoms with Crippen LogP contribution in [0.3, 0.4) is 0 Å². The molecule has 1 atom stereocenters. The van der Waals surface area contributed by atoms with Gasteiger partial charge in [-0.15, -0.1) is 11.3 Å². The quantitative estimate of drug-likeness (QED) is 0.636. The monoisotopic (exact) mass is 374 g/mol. The molecule has 2 aromatic carbocycles. The minimum absolute atomic E-state index is 0.0608. The Balaban J connectivity index is 1.63. The molecule has 0 fully saturated rings. The number of aliphatic hydroxyl groups is 1. The van der Waals surface area contributed by atoms with Gasteiger partial charge in [-0.2, -0.15) is 0 Å². The maximum Gasteiger partial charge on any atom is 0.270 e. The molecule has 3 aromatic rings. The third-order valence-electron chi connectivity index (χ3n) is 3.54. The standard InChI is InChI=1S/C18H15ClN2O3S/c19-13-3-1-2-12(8-13)16(23)9-20-17(24)15-10-25-18(21-15)11-4-6-14(22)7-5-11/h1-8,10,16,22-23H,9H2,(H,20,24). The van der Waals surface area contributed by atoms with Crippen LogP contribution in [0.15, 0.2) is 53.9 Å². The Bertz CT molecular complexity index is 880. The van der Waals surface area contributed by atoms with Gasteiger partial charge >= 0.3 is 0 Å². The Morgan fingerprint density at radius 1 is 1.24 bits per heavy atom. The fraction of sp³-hybridized carbons (Fsp3) is 0.111. The van der Waals surface area contributed by atoms with Crippen LogP contribution in [-0.4, -0.2) is 27.6 Å². The molecule has 0 saturated heterocycles. The molecule has 25 heavy (non-hydrogen) atoms. The molecular weight excluding hydrogens is 360 g/mol. The highest BCUT2D eigenvalue weighted by Crippen LogP contribution is 2.25. The Morgan fingerprint density at radius 3 is 2.72 bits per heavy atom. The van der Waals surface area contributed by atoms with Crippen LogP contribution >= 0.6 is 22.9 Å². The van der Waals surface area contributed by atoms with Crippen LogP contribution in [0.5, 0.6) is 5.75 Å². The fourth-order valence-electron chi connectivity index (χ4n) is 2.23. The lowest BCUT2D eigenvalue weighted by Gasteiger charge is -2.11. The number of amides is 1. The van der Waals surface area contributed by atoms with E-state index in [0.29, 0.717) is 15.6 Å². The van der Waals surface area contributed by atoms with Gasteiger partial charge in [0.15, 0.2) is 0 Å². The van der Waals surface area contributed by atoms with Gasteiger partial charge < -0.3 is 15.5 Å². The molecule has 0 aliphatic heterocycles. The van der Waals surface area contributed by atoms with Gasteiger partial charge in [-0.25, -0.2) is 4.98 Å². The highest BCUT2D eigenvalue weighted by Gasteiger charge is 2.14. The van der Waals surface area contributed by atoms with Gasteiger partial charge in [-0.05, 0) is 42.0 Å². The number of hydrogen-bond acceptors (Lipinski definition) is 5. The van der Waals surface area contributed by atoms with E-state index in [-0.39, 0.29) is 23.9 Å². The molecule has 1 amide bonds. The molecule has 7 heteroatoms. The minimum atomic E-state index is -0.849. The predicted molar refractivity (Wildman–Crippen MR) is 98.0 cm³/mol. The first-order valence-electron chi connectivity index (χ1n) is 7.49. The largest absolute Gasteiger partial charge is 0.508 e.